The van der Waals surface area contributed by atoms with Crippen molar-refractivity contribution in [3.8, 4) is 6.07 Å². The summed E-state index contributed by atoms with van der Waals surface area (Å²) >= 11 is 0. The van der Waals surface area contributed by atoms with Gasteiger partial charge in [-0.15, -0.1) is 0 Å². The van der Waals surface area contributed by atoms with Gasteiger partial charge in [-0.2, -0.15) is 5.26 Å². The van der Waals surface area contributed by atoms with Gasteiger partial charge in [0.2, 0.25) is 0 Å². The van der Waals surface area contributed by atoms with E-state index in [1.807, 2.05) is 12.1 Å². The van der Waals surface area contributed by atoms with E-state index in [0.29, 0.717) is 11.7 Å². The maximum atomic E-state index is 8.86. The molecule has 92 valence electrons. The molecular formula is C13H20N4. The first-order chi connectivity index (χ1) is 8.08. The van der Waals surface area contributed by atoms with E-state index in [1.165, 1.54) is 0 Å². The van der Waals surface area contributed by atoms with Gasteiger partial charge in [0.15, 0.2) is 0 Å². The third kappa shape index (κ3) is 3.72. The van der Waals surface area contributed by atoms with Gasteiger partial charge in [0.1, 0.15) is 17.6 Å². The summed E-state index contributed by atoms with van der Waals surface area (Å²) in [5.74, 6) is 0.876. The summed E-state index contributed by atoms with van der Waals surface area (Å²) in [5.41, 5.74) is 0.470. The standard InChI is InChI=1S/C13H20N4/c1-5-17(11(2)10-16(3)4)13-8-6-7-12(9-14)15-13/h6-8,11H,5,10H2,1-4H3. The summed E-state index contributed by atoms with van der Waals surface area (Å²) in [6.45, 7) is 6.13. The quantitative estimate of drug-likeness (QED) is 0.775. The molecule has 0 amide bonds. The maximum Gasteiger partial charge on any atom is 0.142 e. The average Bonchev–Trinajstić information content (AvgIpc) is 2.29. The number of rotatable bonds is 5. The lowest BCUT2D eigenvalue weighted by Gasteiger charge is -2.31. The van der Waals surface area contributed by atoms with Crippen LogP contribution >= 0.6 is 0 Å². The summed E-state index contributed by atoms with van der Waals surface area (Å²) in [4.78, 5) is 8.70. The van der Waals surface area contributed by atoms with E-state index in [4.69, 9.17) is 5.26 Å². The van der Waals surface area contributed by atoms with Gasteiger partial charge in [-0.3, -0.25) is 0 Å². The van der Waals surface area contributed by atoms with Crippen molar-refractivity contribution in [1.82, 2.24) is 9.88 Å². The van der Waals surface area contributed by atoms with Crippen LogP contribution in [-0.2, 0) is 0 Å². The van der Waals surface area contributed by atoms with Crippen molar-refractivity contribution >= 4 is 5.82 Å². The molecule has 0 aliphatic rings. The van der Waals surface area contributed by atoms with E-state index in [1.54, 1.807) is 6.07 Å². The predicted octanol–water partition coefficient (Wildman–Crippen LogP) is 1.73. The third-order valence-electron chi connectivity index (χ3n) is 2.65. The smallest absolute Gasteiger partial charge is 0.142 e. The summed E-state index contributed by atoms with van der Waals surface area (Å²) in [6.07, 6.45) is 0. The topological polar surface area (TPSA) is 43.2 Å². The molecule has 0 aromatic carbocycles. The van der Waals surface area contributed by atoms with Gasteiger partial charge in [0.05, 0.1) is 0 Å². The minimum atomic E-state index is 0.372. The third-order valence-corrected chi connectivity index (χ3v) is 2.65. The Morgan fingerprint density at radius 3 is 2.65 bits per heavy atom. The van der Waals surface area contributed by atoms with Crippen molar-refractivity contribution in [1.29, 1.82) is 5.26 Å². The second-order valence-corrected chi connectivity index (χ2v) is 4.39. The SMILES string of the molecule is CCN(c1cccc(C#N)n1)C(C)CN(C)C. The van der Waals surface area contributed by atoms with Crippen LogP contribution < -0.4 is 4.90 Å². The fourth-order valence-electron chi connectivity index (χ4n) is 1.97. The summed E-state index contributed by atoms with van der Waals surface area (Å²) in [6, 6.07) is 8.02. The molecule has 0 saturated carbocycles. The van der Waals surface area contributed by atoms with Crippen LogP contribution in [0.15, 0.2) is 18.2 Å². The van der Waals surface area contributed by atoms with E-state index in [9.17, 15) is 0 Å². The Labute approximate surface area is 103 Å². The van der Waals surface area contributed by atoms with Crippen LogP contribution in [-0.4, -0.2) is 43.1 Å². The molecule has 0 N–H and O–H groups in total. The Morgan fingerprint density at radius 2 is 2.12 bits per heavy atom. The average molecular weight is 232 g/mol. The van der Waals surface area contributed by atoms with E-state index in [-0.39, 0.29) is 0 Å². The monoisotopic (exact) mass is 232 g/mol. The van der Waals surface area contributed by atoms with Crippen LogP contribution in [0.25, 0.3) is 0 Å². The van der Waals surface area contributed by atoms with Crippen molar-refractivity contribution in [2.75, 3.05) is 32.1 Å². The molecule has 0 aliphatic carbocycles. The van der Waals surface area contributed by atoms with Crippen LogP contribution in [0.5, 0.6) is 0 Å². The highest BCUT2D eigenvalue weighted by Gasteiger charge is 2.14. The van der Waals surface area contributed by atoms with Gasteiger partial charge in [-0.1, -0.05) is 6.07 Å². The van der Waals surface area contributed by atoms with Crippen LogP contribution in [0.3, 0.4) is 0 Å². The number of nitrogens with zero attached hydrogens (tertiary/aromatic N) is 4. The van der Waals surface area contributed by atoms with Gasteiger partial charge >= 0.3 is 0 Å². The van der Waals surface area contributed by atoms with E-state index in [2.05, 4.69) is 48.8 Å². The molecule has 4 nitrogen and oxygen atoms in total. The summed E-state index contributed by atoms with van der Waals surface area (Å²) in [7, 11) is 4.12. The molecule has 17 heavy (non-hydrogen) atoms. The lowest BCUT2D eigenvalue weighted by molar-refractivity contribution is 0.372. The summed E-state index contributed by atoms with van der Waals surface area (Å²) in [5, 5.41) is 8.86. The minimum absolute atomic E-state index is 0.372. The van der Waals surface area contributed by atoms with Gasteiger partial charge < -0.3 is 9.80 Å². The molecule has 1 unspecified atom stereocenters. The molecule has 0 bridgehead atoms. The molecule has 1 atom stereocenters. The van der Waals surface area contributed by atoms with Crippen molar-refractivity contribution in [2.45, 2.75) is 19.9 Å². The Morgan fingerprint density at radius 1 is 1.41 bits per heavy atom. The molecule has 1 aromatic heterocycles. The Kier molecular flexibility index (Phi) is 4.92. The van der Waals surface area contributed by atoms with Gasteiger partial charge in [0.25, 0.3) is 0 Å². The number of anilines is 1. The summed E-state index contributed by atoms with van der Waals surface area (Å²) < 4.78 is 0. The van der Waals surface area contributed by atoms with Gasteiger partial charge in [0, 0.05) is 19.1 Å². The lowest BCUT2D eigenvalue weighted by atomic mass is 10.2. The van der Waals surface area contributed by atoms with Crippen molar-refractivity contribution in [3.05, 3.63) is 23.9 Å². The van der Waals surface area contributed by atoms with Gasteiger partial charge in [-0.25, -0.2) is 4.98 Å². The molecule has 4 heteroatoms. The predicted molar refractivity (Wildman–Crippen MR) is 70.0 cm³/mol. The number of aromatic nitrogens is 1. The number of hydrogen-bond donors (Lipinski definition) is 0. The Bertz CT molecular complexity index is 395. The maximum absolute atomic E-state index is 8.86. The Hall–Kier alpha value is -1.60. The molecule has 1 aromatic rings. The first kappa shape index (κ1) is 13.5. The highest BCUT2D eigenvalue weighted by atomic mass is 15.2. The van der Waals surface area contributed by atoms with Crippen LogP contribution in [0.1, 0.15) is 19.5 Å². The number of likely N-dealkylation sites (N-methyl/N-ethyl adjacent to an activating group) is 2. The van der Waals surface area contributed by atoms with Crippen molar-refractivity contribution in [2.24, 2.45) is 0 Å². The molecule has 1 rings (SSSR count). The van der Waals surface area contributed by atoms with E-state index >= 15 is 0 Å². The molecule has 1 heterocycles. The van der Waals surface area contributed by atoms with Crippen LogP contribution in [0.4, 0.5) is 5.82 Å². The molecular weight excluding hydrogens is 212 g/mol. The number of pyridine rings is 1. The number of nitriles is 1. The van der Waals surface area contributed by atoms with Crippen LogP contribution in [0, 0.1) is 11.3 Å². The van der Waals surface area contributed by atoms with Crippen molar-refractivity contribution < 1.29 is 0 Å². The fraction of sp³-hybridized carbons (Fsp3) is 0.538. The Balaban J connectivity index is 2.89. The van der Waals surface area contributed by atoms with Crippen molar-refractivity contribution in [3.63, 3.8) is 0 Å². The molecule has 0 radical (unpaired) electrons. The second-order valence-electron chi connectivity index (χ2n) is 4.39. The van der Waals surface area contributed by atoms with E-state index in [0.717, 1.165) is 18.9 Å². The zero-order chi connectivity index (χ0) is 12.8. The lowest BCUT2D eigenvalue weighted by Crippen LogP contribution is -2.40. The van der Waals surface area contributed by atoms with E-state index < -0.39 is 0 Å². The molecule has 0 saturated heterocycles. The zero-order valence-corrected chi connectivity index (χ0v) is 11.0. The normalized spacial score (nSPS) is 12.2. The second kappa shape index (κ2) is 6.21. The molecule has 0 spiro atoms. The van der Waals surface area contributed by atoms with Crippen LogP contribution in [0.2, 0.25) is 0 Å². The number of hydrogen-bond acceptors (Lipinski definition) is 4. The fourth-order valence-corrected chi connectivity index (χ4v) is 1.97. The first-order valence-electron chi connectivity index (χ1n) is 5.87. The largest absolute Gasteiger partial charge is 0.353 e. The molecule has 0 aliphatic heterocycles. The van der Waals surface area contributed by atoms with Gasteiger partial charge in [-0.05, 0) is 40.1 Å². The molecule has 0 fully saturated rings. The zero-order valence-electron chi connectivity index (χ0n) is 11.0. The highest BCUT2D eigenvalue weighted by Crippen LogP contribution is 2.14. The first-order valence-corrected chi connectivity index (χ1v) is 5.87. The minimum Gasteiger partial charge on any atom is -0.353 e. The highest BCUT2D eigenvalue weighted by molar-refractivity contribution is 5.42.